The monoisotopic (exact) mass is 487 g/mol. The van der Waals surface area contributed by atoms with Crippen molar-refractivity contribution in [3.8, 4) is 5.69 Å². The van der Waals surface area contributed by atoms with Crippen molar-refractivity contribution in [3.63, 3.8) is 0 Å². The number of nitrogen functional groups attached to an aromatic ring is 1. The summed E-state index contributed by atoms with van der Waals surface area (Å²) in [6.07, 6.45) is 4.03. The van der Waals surface area contributed by atoms with Crippen LogP contribution in [0.5, 0.6) is 0 Å². The van der Waals surface area contributed by atoms with E-state index in [1.807, 2.05) is 6.92 Å². The maximum Gasteiger partial charge on any atom is 0.267 e. The van der Waals surface area contributed by atoms with Crippen LogP contribution in [0.2, 0.25) is 5.02 Å². The first-order chi connectivity index (χ1) is 16.3. The Labute approximate surface area is 195 Å². The quantitative estimate of drug-likeness (QED) is 0.391. The van der Waals surface area contributed by atoms with Gasteiger partial charge in [-0.2, -0.15) is 0 Å². The average Bonchev–Trinajstić information content (AvgIpc) is 3.30. The normalized spacial score (nSPS) is 11.0. The van der Waals surface area contributed by atoms with E-state index in [-0.39, 0.29) is 21.6 Å². The summed E-state index contributed by atoms with van der Waals surface area (Å²) in [6, 6.07) is 5.59. The van der Waals surface area contributed by atoms with E-state index < -0.39 is 23.0 Å². The number of benzene rings is 2. The molecule has 0 aliphatic rings. The molecule has 0 bridgehead atoms. The van der Waals surface area contributed by atoms with Gasteiger partial charge in [0.1, 0.15) is 23.5 Å². The summed E-state index contributed by atoms with van der Waals surface area (Å²) in [5.74, 6) is -2.07. The first-order valence-corrected chi connectivity index (χ1v) is 10.4. The van der Waals surface area contributed by atoms with Gasteiger partial charge in [0.15, 0.2) is 23.1 Å². The minimum absolute atomic E-state index is 0.0961. The van der Waals surface area contributed by atoms with Crippen LogP contribution in [0.15, 0.2) is 47.8 Å². The Bertz CT molecular complexity index is 1570. The Morgan fingerprint density at radius 1 is 1.06 bits per heavy atom. The van der Waals surface area contributed by atoms with Crippen LogP contribution in [0.25, 0.3) is 27.8 Å². The van der Waals surface area contributed by atoms with E-state index >= 15 is 0 Å². The smallest absolute Gasteiger partial charge is 0.267 e. The van der Waals surface area contributed by atoms with Crippen molar-refractivity contribution in [1.82, 2.24) is 29.5 Å². The van der Waals surface area contributed by atoms with Crippen LogP contribution < -0.4 is 11.3 Å². The second-order valence-electron chi connectivity index (χ2n) is 7.13. The lowest BCUT2D eigenvalue weighted by molar-refractivity contribution is 0.507. The van der Waals surface area contributed by atoms with Gasteiger partial charge in [-0.05, 0) is 30.7 Å². The Kier molecular flexibility index (Phi) is 6.46. The van der Waals surface area contributed by atoms with E-state index in [9.17, 15) is 18.0 Å². The predicted molar refractivity (Wildman–Crippen MR) is 122 cm³/mol. The van der Waals surface area contributed by atoms with E-state index in [2.05, 4.69) is 24.9 Å². The Morgan fingerprint density at radius 2 is 1.82 bits per heavy atom. The first-order valence-electron chi connectivity index (χ1n) is 10.1. The molecule has 0 spiro atoms. The highest BCUT2D eigenvalue weighted by Crippen LogP contribution is 2.24. The number of fused-ring (bicyclic) bond motifs is 2. The average molecular weight is 488 g/mol. The lowest BCUT2D eigenvalue weighted by Crippen LogP contribution is -2.24. The molecule has 0 aliphatic heterocycles. The first kappa shape index (κ1) is 23.2. The zero-order chi connectivity index (χ0) is 24.4. The van der Waals surface area contributed by atoms with E-state index in [0.29, 0.717) is 35.6 Å². The summed E-state index contributed by atoms with van der Waals surface area (Å²) < 4.78 is 41.6. The molecule has 0 amide bonds. The number of hydrogen-bond donors (Lipinski definition) is 2. The molecule has 5 aromatic rings. The fraction of sp³-hybridized carbons (Fsp3) is 0.136. The third-order valence-electron chi connectivity index (χ3n) is 4.88. The molecule has 2 aromatic carbocycles. The number of imidazole rings is 1. The number of aromatic nitrogens is 6. The maximum absolute atomic E-state index is 13.7. The molecule has 0 saturated heterocycles. The molecule has 174 valence electrons. The molecule has 0 atom stereocenters. The number of H-pyrrole nitrogens is 1. The summed E-state index contributed by atoms with van der Waals surface area (Å²) in [6.45, 7) is 1.89. The van der Waals surface area contributed by atoms with Gasteiger partial charge in [-0.25, -0.2) is 33.1 Å². The zero-order valence-electron chi connectivity index (χ0n) is 17.7. The summed E-state index contributed by atoms with van der Waals surface area (Å²) >= 11 is 5.91. The van der Waals surface area contributed by atoms with Crippen molar-refractivity contribution >= 4 is 39.5 Å². The number of anilines is 1. The van der Waals surface area contributed by atoms with E-state index in [1.165, 1.54) is 24.8 Å². The predicted octanol–water partition coefficient (Wildman–Crippen LogP) is 4.34. The standard InChI is InChI=1S/C17H12ClF3N2O.C5H5N5/c1-2-3-14-22-13-7-6-11(20)16(18)15(13)17(24)23(14)9-4-5-10(19)12(21)8-9;6-4-3-5(9-1-7-3)10-2-8-4/h4-8H,2-3H2,1H3;1-2H,(H3,6,7,8,9,10). The number of rotatable bonds is 3. The topological polar surface area (TPSA) is 115 Å². The van der Waals surface area contributed by atoms with E-state index in [4.69, 9.17) is 17.3 Å². The van der Waals surface area contributed by atoms with Crippen LogP contribution in [0.4, 0.5) is 19.0 Å². The molecule has 3 N–H and O–H groups in total. The minimum atomic E-state index is -1.09. The summed E-state index contributed by atoms with van der Waals surface area (Å²) in [5.41, 5.74) is 6.52. The molecule has 0 saturated carbocycles. The summed E-state index contributed by atoms with van der Waals surface area (Å²) in [4.78, 5) is 31.6. The van der Waals surface area contributed by atoms with Gasteiger partial charge < -0.3 is 10.7 Å². The molecule has 5 rings (SSSR count). The molecule has 34 heavy (non-hydrogen) atoms. The van der Waals surface area contributed by atoms with E-state index in [0.717, 1.165) is 22.8 Å². The number of hydrogen-bond acceptors (Lipinski definition) is 6. The van der Waals surface area contributed by atoms with Crippen molar-refractivity contribution < 1.29 is 13.2 Å². The van der Waals surface area contributed by atoms with Crippen LogP contribution in [0.3, 0.4) is 0 Å². The van der Waals surface area contributed by atoms with Crippen LogP contribution in [-0.4, -0.2) is 29.5 Å². The van der Waals surface area contributed by atoms with Crippen LogP contribution in [0, 0.1) is 17.5 Å². The third kappa shape index (κ3) is 4.29. The zero-order valence-corrected chi connectivity index (χ0v) is 18.4. The summed E-state index contributed by atoms with van der Waals surface area (Å²) in [7, 11) is 0. The van der Waals surface area contributed by atoms with Crippen LogP contribution in [-0.2, 0) is 6.42 Å². The maximum atomic E-state index is 13.7. The fourth-order valence-corrected chi connectivity index (χ4v) is 3.56. The molecule has 3 aromatic heterocycles. The lowest BCUT2D eigenvalue weighted by atomic mass is 10.2. The second-order valence-corrected chi connectivity index (χ2v) is 7.51. The fourth-order valence-electron chi connectivity index (χ4n) is 3.32. The van der Waals surface area contributed by atoms with Crippen molar-refractivity contribution in [2.75, 3.05) is 5.73 Å². The van der Waals surface area contributed by atoms with Gasteiger partial charge in [-0.3, -0.25) is 9.36 Å². The van der Waals surface area contributed by atoms with Crippen LogP contribution >= 0.6 is 11.6 Å². The largest absolute Gasteiger partial charge is 0.382 e. The third-order valence-corrected chi connectivity index (χ3v) is 5.25. The number of aromatic amines is 1. The molecule has 0 aliphatic carbocycles. The van der Waals surface area contributed by atoms with Gasteiger partial charge >= 0.3 is 0 Å². The molecule has 8 nitrogen and oxygen atoms in total. The number of halogens is 4. The number of aryl methyl sites for hydroxylation is 1. The van der Waals surface area contributed by atoms with Crippen LogP contribution in [0.1, 0.15) is 19.2 Å². The van der Waals surface area contributed by atoms with Gasteiger partial charge in [-0.15, -0.1) is 0 Å². The van der Waals surface area contributed by atoms with Gasteiger partial charge in [0, 0.05) is 12.5 Å². The number of nitrogens with zero attached hydrogens (tertiary/aromatic N) is 5. The van der Waals surface area contributed by atoms with Crippen molar-refractivity contribution in [1.29, 1.82) is 0 Å². The molecule has 0 radical (unpaired) electrons. The molecule has 0 unspecified atom stereocenters. The Balaban J connectivity index is 0.000000226. The van der Waals surface area contributed by atoms with Crippen molar-refractivity contribution in [2.24, 2.45) is 0 Å². The molecule has 3 heterocycles. The van der Waals surface area contributed by atoms with Gasteiger partial charge in [-0.1, -0.05) is 18.5 Å². The summed E-state index contributed by atoms with van der Waals surface area (Å²) in [5, 5.41) is -0.439. The highest BCUT2D eigenvalue weighted by atomic mass is 35.5. The SMILES string of the molecule is CCCc1nc2ccc(F)c(Cl)c2c(=O)n1-c1ccc(F)c(F)c1.Nc1ncnc2nc[nH]c12. The number of nitrogens with one attached hydrogen (secondary N) is 1. The number of nitrogens with two attached hydrogens (primary N) is 1. The minimum Gasteiger partial charge on any atom is -0.382 e. The molecular formula is C22H17ClF3N7O. The van der Waals surface area contributed by atoms with Gasteiger partial charge in [0.25, 0.3) is 5.56 Å². The lowest BCUT2D eigenvalue weighted by Gasteiger charge is -2.14. The highest BCUT2D eigenvalue weighted by molar-refractivity contribution is 6.35. The molecule has 0 fully saturated rings. The van der Waals surface area contributed by atoms with Gasteiger partial charge in [0.05, 0.1) is 27.9 Å². The highest BCUT2D eigenvalue weighted by Gasteiger charge is 2.17. The van der Waals surface area contributed by atoms with Crippen molar-refractivity contribution in [2.45, 2.75) is 19.8 Å². The second kappa shape index (κ2) is 9.48. The Hall–Kier alpha value is -3.99. The van der Waals surface area contributed by atoms with Crippen molar-refractivity contribution in [3.05, 3.63) is 81.6 Å². The van der Waals surface area contributed by atoms with E-state index in [1.54, 1.807) is 0 Å². The van der Waals surface area contributed by atoms with Gasteiger partial charge in [0.2, 0.25) is 0 Å². The molecular weight excluding hydrogens is 471 g/mol. The molecule has 12 heteroatoms. The Morgan fingerprint density at radius 3 is 2.53 bits per heavy atom.